The fourth-order valence-corrected chi connectivity index (χ4v) is 1.15. The summed E-state index contributed by atoms with van der Waals surface area (Å²) in [6.45, 7) is 0. The Balaban J connectivity index is 2.16. The number of hydrogen-bond donors (Lipinski definition) is 3. The van der Waals surface area contributed by atoms with Crippen LogP contribution in [0, 0.1) is 5.82 Å². The van der Waals surface area contributed by atoms with Gasteiger partial charge in [-0.3, -0.25) is 0 Å². The summed E-state index contributed by atoms with van der Waals surface area (Å²) in [7, 11) is -1.55. The molecule has 9 heteroatoms. The number of allylic oxidation sites excluding steroid dienone is 5. The zero-order chi connectivity index (χ0) is 12.3. The molecule has 1 heterocycles. The van der Waals surface area contributed by atoms with E-state index >= 15 is 0 Å². The molecule has 17 heavy (non-hydrogen) atoms. The molecule has 0 bridgehead atoms. The molecule has 0 fully saturated rings. The summed E-state index contributed by atoms with van der Waals surface area (Å²) in [5.41, 5.74) is 0.388. The highest BCUT2D eigenvalue weighted by Crippen LogP contribution is 2.19. The molecular weight excluding hydrogens is 225 g/mol. The SMILES string of the molecule is OB(O)[C]1C=CC(=C(O)N=C2N=NN=N2)C=C1. The maximum absolute atomic E-state index is 9.61. The van der Waals surface area contributed by atoms with Crippen LogP contribution in [0.1, 0.15) is 0 Å². The van der Waals surface area contributed by atoms with Gasteiger partial charge in [0, 0.05) is 5.57 Å². The van der Waals surface area contributed by atoms with Gasteiger partial charge in [0.2, 0.25) is 5.88 Å². The largest absolute Gasteiger partial charge is 0.493 e. The molecule has 0 atom stereocenters. The maximum Gasteiger partial charge on any atom is 0.466 e. The topological polar surface area (TPSA) is 122 Å². The van der Waals surface area contributed by atoms with Crippen molar-refractivity contribution in [2.45, 2.75) is 0 Å². The normalized spacial score (nSPS) is 18.0. The quantitative estimate of drug-likeness (QED) is 0.478. The van der Waals surface area contributed by atoms with Crippen LogP contribution in [0.5, 0.6) is 0 Å². The summed E-state index contributed by atoms with van der Waals surface area (Å²) in [4.78, 5) is 3.66. The maximum atomic E-state index is 9.61. The molecule has 2 aliphatic rings. The predicted molar refractivity (Wildman–Crippen MR) is 58.5 cm³/mol. The van der Waals surface area contributed by atoms with E-state index in [1.54, 1.807) is 0 Å². The van der Waals surface area contributed by atoms with Crippen LogP contribution in [0.15, 0.2) is 61.4 Å². The van der Waals surface area contributed by atoms with Gasteiger partial charge in [0.1, 0.15) is 0 Å². The van der Waals surface area contributed by atoms with Gasteiger partial charge in [-0.1, -0.05) is 34.5 Å². The number of aliphatic hydroxyl groups is 1. The second-order valence-corrected chi connectivity index (χ2v) is 3.11. The molecule has 3 N–H and O–H groups in total. The van der Waals surface area contributed by atoms with E-state index in [-0.39, 0.29) is 11.8 Å². The molecule has 0 unspecified atom stereocenters. The van der Waals surface area contributed by atoms with E-state index in [1.807, 2.05) is 0 Å². The number of aliphatic imine (C=N–C) groups is 1. The fraction of sp³-hybridized carbons (Fsp3) is 0. The van der Waals surface area contributed by atoms with Crippen LogP contribution in [0.2, 0.25) is 0 Å². The smallest absolute Gasteiger partial charge is 0.466 e. The van der Waals surface area contributed by atoms with Crippen molar-refractivity contribution in [1.29, 1.82) is 0 Å². The fourth-order valence-electron chi connectivity index (χ4n) is 1.15. The lowest BCUT2D eigenvalue weighted by atomic mass is 9.71. The summed E-state index contributed by atoms with van der Waals surface area (Å²) in [5.74, 6) is -0.0398. The van der Waals surface area contributed by atoms with Crippen molar-refractivity contribution in [2.24, 2.45) is 25.7 Å². The molecule has 1 radical (unpaired) electrons. The number of hydrogen-bond acceptors (Lipinski definition) is 6. The Morgan fingerprint density at radius 2 is 1.65 bits per heavy atom. The third-order valence-electron chi connectivity index (χ3n) is 1.98. The van der Waals surface area contributed by atoms with E-state index in [1.165, 1.54) is 24.3 Å². The first-order chi connectivity index (χ1) is 8.16. The van der Waals surface area contributed by atoms with Gasteiger partial charge in [0.05, 0.1) is 5.82 Å². The molecule has 85 valence electrons. The molecule has 0 aromatic rings. The van der Waals surface area contributed by atoms with E-state index in [0.717, 1.165) is 0 Å². The van der Waals surface area contributed by atoms with Crippen LogP contribution in [-0.2, 0) is 0 Å². The number of nitrogens with zero attached hydrogens (tertiary/aromatic N) is 5. The average molecular weight is 232 g/mol. The van der Waals surface area contributed by atoms with E-state index in [9.17, 15) is 5.11 Å². The van der Waals surface area contributed by atoms with Crippen molar-refractivity contribution in [3.8, 4) is 0 Å². The first-order valence-electron chi connectivity index (χ1n) is 4.59. The second kappa shape index (κ2) is 4.81. The first-order valence-corrected chi connectivity index (χ1v) is 4.59. The summed E-state index contributed by atoms with van der Waals surface area (Å²) in [6, 6.07) is 0. The Morgan fingerprint density at radius 1 is 1.06 bits per heavy atom. The molecule has 0 spiro atoms. The number of aliphatic hydroxyl groups excluding tert-OH is 1. The average Bonchev–Trinajstić information content (AvgIpc) is 2.82. The molecule has 1 aliphatic heterocycles. The standard InChI is InChI=1S/C8H7BN5O3/c15-7(10-8-11-13-14-12-8)5-1-3-6(4-2-5)9(16)17/h1-4,15-17H. The van der Waals surface area contributed by atoms with Crippen molar-refractivity contribution >= 4 is 13.1 Å². The van der Waals surface area contributed by atoms with Crippen LogP contribution >= 0.6 is 0 Å². The van der Waals surface area contributed by atoms with Gasteiger partial charge in [-0.15, -0.1) is 0 Å². The van der Waals surface area contributed by atoms with Gasteiger partial charge in [-0.25, -0.2) is 0 Å². The van der Waals surface area contributed by atoms with Crippen LogP contribution in [0.25, 0.3) is 0 Å². The summed E-state index contributed by atoms with van der Waals surface area (Å²) in [5, 5.41) is 40.7. The zero-order valence-electron chi connectivity index (χ0n) is 8.46. The van der Waals surface area contributed by atoms with E-state index in [4.69, 9.17) is 10.0 Å². The molecule has 8 nitrogen and oxygen atoms in total. The Kier molecular flexibility index (Phi) is 3.21. The molecular formula is C8H7BN5O3. The van der Waals surface area contributed by atoms with Crippen molar-refractivity contribution in [3.05, 3.63) is 41.6 Å². The molecule has 0 saturated heterocycles. The second-order valence-electron chi connectivity index (χ2n) is 3.11. The van der Waals surface area contributed by atoms with Crippen molar-refractivity contribution in [1.82, 2.24) is 0 Å². The Morgan fingerprint density at radius 3 is 2.18 bits per heavy atom. The minimum atomic E-state index is -1.55. The summed E-state index contributed by atoms with van der Waals surface area (Å²) < 4.78 is 0. The van der Waals surface area contributed by atoms with Gasteiger partial charge in [-0.05, 0) is 10.4 Å². The van der Waals surface area contributed by atoms with E-state index in [0.29, 0.717) is 11.4 Å². The lowest BCUT2D eigenvalue weighted by molar-refractivity contribution is 0.402. The van der Waals surface area contributed by atoms with Gasteiger partial charge in [0.15, 0.2) is 0 Å². The van der Waals surface area contributed by atoms with Crippen molar-refractivity contribution < 1.29 is 15.2 Å². The van der Waals surface area contributed by atoms with Crippen molar-refractivity contribution in [3.63, 3.8) is 0 Å². The minimum absolute atomic E-state index is 0.0474. The third kappa shape index (κ3) is 2.71. The van der Waals surface area contributed by atoms with Crippen molar-refractivity contribution in [2.75, 3.05) is 0 Å². The molecule has 2 rings (SSSR count). The lowest BCUT2D eigenvalue weighted by Gasteiger charge is -2.09. The molecule has 0 aromatic carbocycles. The van der Waals surface area contributed by atoms with Gasteiger partial charge >= 0.3 is 7.12 Å². The van der Waals surface area contributed by atoms with E-state index < -0.39 is 7.12 Å². The highest BCUT2D eigenvalue weighted by atomic mass is 16.4. The van der Waals surface area contributed by atoms with Gasteiger partial charge < -0.3 is 15.2 Å². The lowest BCUT2D eigenvalue weighted by Crippen LogP contribution is -2.20. The summed E-state index contributed by atoms with van der Waals surface area (Å²) >= 11 is 0. The zero-order valence-corrected chi connectivity index (χ0v) is 8.46. The molecule has 0 aromatic heterocycles. The Bertz CT molecular complexity index is 461. The van der Waals surface area contributed by atoms with Crippen LogP contribution in [0.3, 0.4) is 0 Å². The summed E-state index contributed by atoms with van der Waals surface area (Å²) in [6.07, 6.45) is 5.87. The molecule has 0 saturated carbocycles. The van der Waals surface area contributed by atoms with Crippen LogP contribution in [-0.4, -0.2) is 28.2 Å². The third-order valence-corrected chi connectivity index (χ3v) is 1.98. The first kappa shape index (κ1) is 11.4. The number of guanidine groups is 1. The van der Waals surface area contributed by atoms with Crippen LogP contribution < -0.4 is 0 Å². The highest BCUT2D eigenvalue weighted by molar-refractivity contribution is 6.50. The number of rotatable bonds is 2. The molecule has 1 aliphatic carbocycles. The highest BCUT2D eigenvalue weighted by Gasteiger charge is 2.20. The predicted octanol–water partition coefficient (Wildman–Crippen LogP) is 0.657. The Labute approximate surface area is 96.2 Å². The van der Waals surface area contributed by atoms with Crippen LogP contribution in [0.4, 0.5) is 0 Å². The molecule has 0 amide bonds. The van der Waals surface area contributed by atoms with Gasteiger partial charge in [0.25, 0.3) is 5.96 Å². The van der Waals surface area contributed by atoms with E-state index in [2.05, 4.69) is 25.7 Å². The Hall–Kier alpha value is -2.13. The minimum Gasteiger partial charge on any atom is -0.493 e. The monoisotopic (exact) mass is 232 g/mol. The van der Waals surface area contributed by atoms with Gasteiger partial charge in [-0.2, -0.15) is 4.99 Å².